The van der Waals surface area contributed by atoms with Crippen molar-refractivity contribution in [1.82, 2.24) is 0 Å². The van der Waals surface area contributed by atoms with Crippen LogP contribution in [0.25, 0.3) is 0 Å². The lowest BCUT2D eigenvalue weighted by Gasteiger charge is -2.18. The average Bonchev–Trinajstić information content (AvgIpc) is 2.42. The average molecular weight is 312 g/mol. The van der Waals surface area contributed by atoms with Crippen molar-refractivity contribution in [1.29, 1.82) is 0 Å². The van der Waals surface area contributed by atoms with Crippen LogP contribution in [0.3, 0.4) is 0 Å². The summed E-state index contributed by atoms with van der Waals surface area (Å²) in [5, 5.41) is 6.78. The molecular weight excluding hydrogens is 290 g/mol. The number of benzene rings is 2. The van der Waals surface area contributed by atoms with Crippen LogP contribution in [0.5, 0.6) is 0 Å². The van der Waals surface area contributed by atoms with Gasteiger partial charge in [-0.1, -0.05) is 45.0 Å². The molecule has 115 valence electrons. The van der Waals surface area contributed by atoms with Gasteiger partial charge in [-0.3, -0.25) is 0 Å². The number of anilines is 3. The molecule has 4 heteroatoms. The van der Waals surface area contributed by atoms with Crippen LogP contribution in [-0.4, -0.2) is 5.11 Å². The Morgan fingerprint density at radius 1 is 1.00 bits per heavy atom. The molecule has 0 fully saturated rings. The molecule has 0 aliphatic carbocycles. The van der Waals surface area contributed by atoms with Gasteiger partial charge < -0.3 is 16.4 Å². The van der Waals surface area contributed by atoms with Gasteiger partial charge in [0.05, 0.1) is 11.4 Å². The summed E-state index contributed by atoms with van der Waals surface area (Å²) in [5.41, 5.74) is 9.66. The maximum atomic E-state index is 5.89. The summed E-state index contributed by atoms with van der Waals surface area (Å²) in [5.74, 6) is 0. The topological polar surface area (TPSA) is 50.1 Å². The van der Waals surface area contributed by atoms with Crippen molar-refractivity contribution in [2.45, 2.75) is 20.8 Å². The highest BCUT2D eigenvalue weighted by Crippen LogP contribution is 2.24. The highest BCUT2D eigenvalue weighted by Gasteiger charge is 2.11. The van der Waals surface area contributed by atoms with E-state index < -0.39 is 0 Å². The second kappa shape index (κ2) is 6.79. The lowest BCUT2D eigenvalue weighted by atomic mass is 9.88. The number of nitrogens with one attached hydrogen (secondary N) is 2. The van der Waals surface area contributed by atoms with Gasteiger partial charge in [-0.15, -0.1) is 0 Å². The van der Waals surface area contributed by atoms with Gasteiger partial charge in [0.15, 0.2) is 5.11 Å². The first-order valence-corrected chi connectivity index (χ1v) is 7.63. The summed E-state index contributed by atoms with van der Waals surface area (Å²) in [6, 6.07) is 15.7. The van der Waals surface area contributed by atoms with Crippen LogP contribution in [0.15, 0.2) is 48.5 Å². The molecule has 0 amide bonds. The molecule has 4 N–H and O–H groups in total. The van der Waals surface area contributed by atoms with Crippen LogP contribution >= 0.6 is 12.2 Å². The minimum Gasteiger partial charge on any atom is -0.397 e. The van der Waals surface area contributed by atoms with Crippen LogP contribution < -0.4 is 16.4 Å². The normalized spacial score (nSPS) is 11.0. The summed E-state index contributed by atoms with van der Waals surface area (Å²) in [7, 11) is 0. The van der Waals surface area contributed by atoms with Crippen LogP contribution in [0, 0.1) is 11.8 Å². The fourth-order valence-corrected chi connectivity index (χ4v) is 2.29. The quantitative estimate of drug-likeness (QED) is 0.569. The molecule has 2 aromatic rings. The molecule has 0 unspecified atom stereocenters. The number of para-hydroxylation sites is 2. The smallest absolute Gasteiger partial charge is 0.175 e. The lowest BCUT2D eigenvalue weighted by Crippen LogP contribution is -2.19. The fraction of sp³-hybridized carbons (Fsp3) is 0.222. The summed E-state index contributed by atoms with van der Waals surface area (Å²) in [6.45, 7) is 6.55. The predicted molar refractivity (Wildman–Crippen MR) is 100.0 cm³/mol. The third-order valence-electron chi connectivity index (χ3n) is 2.98. The van der Waals surface area contributed by atoms with E-state index in [0.717, 1.165) is 11.4 Å². The van der Waals surface area contributed by atoms with Crippen molar-refractivity contribution in [2.75, 3.05) is 16.4 Å². The maximum absolute atomic E-state index is 5.89. The van der Waals surface area contributed by atoms with Gasteiger partial charge >= 0.3 is 0 Å². The second-order valence-corrected chi connectivity index (χ2v) is 6.71. The number of hydrogen-bond donors (Lipinski definition) is 3. The summed E-state index contributed by atoms with van der Waals surface area (Å²) in [4.78, 5) is 0. The predicted octanol–water partition coefficient (Wildman–Crippen LogP) is 4.68. The zero-order chi connectivity index (χ0) is 16.2. The Labute approximate surface area is 137 Å². The zero-order valence-corrected chi connectivity index (χ0v) is 14.0. The standard InChI is InChI=1S/C18H22N3S/c1-18(2,3)12-13-8-10-14(11-9-13)20-17(22)21-16-7-5-4-6-15(16)19/h4-12H,19H2,1-3H3,(H2,20,21,22). The fourth-order valence-electron chi connectivity index (χ4n) is 2.06. The second-order valence-electron chi connectivity index (χ2n) is 6.30. The van der Waals surface area contributed by atoms with Crippen molar-refractivity contribution in [3.8, 4) is 0 Å². The molecule has 0 aromatic heterocycles. The van der Waals surface area contributed by atoms with E-state index >= 15 is 0 Å². The monoisotopic (exact) mass is 312 g/mol. The van der Waals surface area contributed by atoms with Gasteiger partial charge in [-0.25, -0.2) is 0 Å². The SMILES string of the molecule is CC(C)(C)[CH]c1ccc(NC(=S)Nc2ccccc2N)cc1. The number of hydrogen-bond acceptors (Lipinski definition) is 2. The molecule has 0 heterocycles. The van der Waals surface area contributed by atoms with E-state index in [-0.39, 0.29) is 5.41 Å². The number of nitrogens with two attached hydrogens (primary N) is 1. The molecule has 0 saturated carbocycles. The van der Waals surface area contributed by atoms with Gasteiger partial charge in [0.2, 0.25) is 0 Å². The van der Waals surface area contributed by atoms with Gasteiger partial charge in [0.1, 0.15) is 0 Å². The van der Waals surface area contributed by atoms with E-state index in [4.69, 9.17) is 18.0 Å². The maximum Gasteiger partial charge on any atom is 0.175 e. The third kappa shape index (κ3) is 5.04. The molecule has 0 bridgehead atoms. The van der Waals surface area contributed by atoms with Crippen molar-refractivity contribution >= 4 is 34.4 Å². The zero-order valence-electron chi connectivity index (χ0n) is 13.2. The van der Waals surface area contributed by atoms with E-state index in [0.29, 0.717) is 10.8 Å². The first kappa shape index (κ1) is 16.3. The molecule has 0 saturated heterocycles. The number of rotatable bonds is 3. The molecule has 22 heavy (non-hydrogen) atoms. The Bertz CT molecular complexity index is 642. The van der Waals surface area contributed by atoms with E-state index in [9.17, 15) is 0 Å². The van der Waals surface area contributed by atoms with Crippen LogP contribution in [0.1, 0.15) is 26.3 Å². The van der Waals surface area contributed by atoms with E-state index in [1.165, 1.54) is 5.56 Å². The largest absolute Gasteiger partial charge is 0.397 e. The van der Waals surface area contributed by atoms with E-state index in [1.807, 2.05) is 36.4 Å². The Kier molecular flexibility index (Phi) is 5.03. The highest BCUT2D eigenvalue weighted by atomic mass is 32.1. The van der Waals surface area contributed by atoms with E-state index in [1.54, 1.807) is 0 Å². The van der Waals surface area contributed by atoms with Crippen molar-refractivity contribution in [3.63, 3.8) is 0 Å². The minimum absolute atomic E-state index is 0.163. The summed E-state index contributed by atoms with van der Waals surface area (Å²) < 4.78 is 0. The summed E-state index contributed by atoms with van der Waals surface area (Å²) in [6.07, 6.45) is 2.23. The van der Waals surface area contributed by atoms with Crippen LogP contribution in [0.4, 0.5) is 17.1 Å². The van der Waals surface area contributed by atoms with Crippen LogP contribution in [0.2, 0.25) is 0 Å². The minimum atomic E-state index is 0.163. The molecule has 2 aromatic carbocycles. The van der Waals surface area contributed by atoms with Crippen molar-refractivity contribution < 1.29 is 0 Å². The first-order valence-electron chi connectivity index (χ1n) is 7.22. The molecular formula is C18H22N3S. The van der Waals surface area contributed by atoms with Gasteiger partial charge in [-0.05, 0) is 53.9 Å². The summed E-state index contributed by atoms with van der Waals surface area (Å²) >= 11 is 5.31. The Balaban J connectivity index is 1.96. The molecule has 0 aliphatic heterocycles. The Morgan fingerprint density at radius 3 is 2.23 bits per heavy atom. The van der Waals surface area contributed by atoms with Gasteiger partial charge in [0, 0.05) is 5.69 Å². The van der Waals surface area contributed by atoms with E-state index in [2.05, 4.69) is 50.0 Å². The molecule has 0 atom stereocenters. The first-order chi connectivity index (χ1) is 10.3. The Hall–Kier alpha value is -2.07. The van der Waals surface area contributed by atoms with Crippen LogP contribution in [-0.2, 0) is 0 Å². The third-order valence-corrected chi connectivity index (χ3v) is 3.18. The van der Waals surface area contributed by atoms with Crippen molar-refractivity contribution in [3.05, 3.63) is 60.5 Å². The number of thiocarbonyl (C=S) groups is 1. The molecule has 0 aliphatic rings. The molecule has 3 nitrogen and oxygen atoms in total. The van der Waals surface area contributed by atoms with Gasteiger partial charge in [0.25, 0.3) is 0 Å². The van der Waals surface area contributed by atoms with Crippen molar-refractivity contribution in [2.24, 2.45) is 5.41 Å². The molecule has 0 spiro atoms. The molecule has 2 rings (SSSR count). The highest BCUT2D eigenvalue weighted by molar-refractivity contribution is 7.80. The van der Waals surface area contributed by atoms with Gasteiger partial charge in [-0.2, -0.15) is 0 Å². The lowest BCUT2D eigenvalue weighted by molar-refractivity contribution is 0.506. The molecule has 1 radical (unpaired) electrons. The Morgan fingerprint density at radius 2 is 1.64 bits per heavy atom. The number of nitrogen functional groups attached to an aromatic ring is 1.